The molecular formula is C10H7Br2N5O3. The number of hydrogen-bond donors (Lipinski definition) is 1. The van der Waals surface area contributed by atoms with Crippen molar-refractivity contribution in [2.45, 2.75) is 0 Å². The van der Waals surface area contributed by atoms with Gasteiger partial charge < -0.3 is 15.4 Å². The van der Waals surface area contributed by atoms with Gasteiger partial charge in [0, 0.05) is 6.07 Å². The molecule has 2 rings (SSSR count). The monoisotopic (exact) mass is 403 g/mol. The van der Waals surface area contributed by atoms with Crippen LogP contribution in [0.1, 0.15) is 10.5 Å². The molecular weight excluding hydrogens is 398 g/mol. The van der Waals surface area contributed by atoms with Gasteiger partial charge in [0.1, 0.15) is 9.21 Å². The molecule has 104 valence electrons. The fourth-order valence-electron chi connectivity index (χ4n) is 1.51. The summed E-state index contributed by atoms with van der Waals surface area (Å²) >= 11 is 6.30. The van der Waals surface area contributed by atoms with Crippen molar-refractivity contribution < 1.29 is 9.72 Å². The second kappa shape index (κ2) is 5.67. The zero-order valence-electron chi connectivity index (χ0n) is 10.0. The Kier molecular flexibility index (Phi) is 4.14. The van der Waals surface area contributed by atoms with Crippen molar-refractivity contribution in [2.75, 3.05) is 5.32 Å². The Morgan fingerprint density at radius 3 is 2.70 bits per heavy atom. The van der Waals surface area contributed by atoms with E-state index in [1.165, 1.54) is 29.9 Å². The Hall–Kier alpha value is -1.81. The molecule has 1 N–H and O–H groups in total. The molecule has 0 saturated heterocycles. The lowest BCUT2D eigenvalue weighted by atomic mass is 10.4. The summed E-state index contributed by atoms with van der Waals surface area (Å²) in [7, 11) is 1.44. The first kappa shape index (κ1) is 14.6. The molecule has 0 radical (unpaired) electrons. The van der Waals surface area contributed by atoms with Gasteiger partial charge in [0.05, 0.1) is 13.2 Å². The smallest absolute Gasteiger partial charge is 0.323 e. The number of rotatable bonds is 3. The molecule has 1 amide bonds. The Morgan fingerprint density at radius 1 is 1.45 bits per heavy atom. The van der Waals surface area contributed by atoms with E-state index in [0.29, 0.717) is 9.21 Å². The fraction of sp³-hybridized carbons (Fsp3) is 0.100. The third-order valence-corrected chi connectivity index (χ3v) is 3.38. The van der Waals surface area contributed by atoms with Crippen molar-refractivity contribution >= 4 is 49.4 Å². The van der Waals surface area contributed by atoms with Crippen molar-refractivity contribution in [2.24, 2.45) is 7.05 Å². The molecule has 0 aliphatic rings. The lowest BCUT2D eigenvalue weighted by Crippen LogP contribution is -2.17. The minimum absolute atomic E-state index is 0.147. The highest BCUT2D eigenvalue weighted by Gasteiger charge is 2.21. The van der Waals surface area contributed by atoms with E-state index in [-0.39, 0.29) is 17.3 Å². The van der Waals surface area contributed by atoms with Crippen LogP contribution in [0.4, 0.5) is 11.6 Å². The molecule has 0 saturated carbocycles. The minimum atomic E-state index is -0.563. The van der Waals surface area contributed by atoms with Crippen molar-refractivity contribution in [3.8, 4) is 0 Å². The average molecular weight is 405 g/mol. The Labute approximate surface area is 129 Å². The topological polar surface area (TPSA) is 103 Å². The normalized spacial score (nSPS) is 10.3. The number of carbonyl (C=O) groups is 1. The van der Waals surface area contributed by atoms with Gasteiger partial charge >= 0.3 is 5.82 Å². The van der Waals surface area contributed by atoms with Crippen LogP contribution in [0, 0.1) is 10.1 Å². The highest BCUT2D eigenvalue weighted by Crippen LogP contribution is 2.21. The molecule has 0 aliphatic heterocycles. The Morgan fingerprint density at radius 2 is 2.15 bits per heavy atom. The van der Waals surface area contributed by atoms with Crippen LogP contribution in [0.3, 0.4) is 0 Å². The molecule has 0 aliphatic carbocycles. The lowest BCUT2D eigenvalue weighted by molar-refractivity contribution is -0.391. The van der Waals surface area contributed by atoms with E-state index in [1.807, 2.05) is 0 Å². The van der Waals surface area contributed by atoms with E-state index in [2.05, 4.69) is 47.1 Å². The zero-order chi connectivity index (χ0) is 14.9. The van der Waals surface area contributed by atoms with Gasteiger partial charge in [-0.2, -0.15) is 0 Å². The third kappa shape index (κ3) is 2.85. The summed E-state index contributed by atoms with van der Waals surface area (Å²) in [6.45, 7) is 0. The van der Waals surface area contributed by atoms with E-state index < -0.39 is 10.8 Å². The van der Waals surface area contributed by atoms with Gasteiger partial charge in [0.15, 0.2) is 11.5 Å². The average Bonchev–Trinajstić information content (AvgIpc) is 2.74. The number of nitrogens with one attached hydrogen (secondary N) is 1. The maximum Gasteiger partial charge on any atom is 0.323 e. The van der Waals surface area contributed by atoms with Gasteiger partial charge in [0.2, 0.25) is 0 Å². The Bertz CT molecular complexity index is 700. The highest BCUT2D eigenvalue weighted by molar-refractivity contribution is 9.11. The number of aromatic nitrogens is 3. The Balaban J connectivity index is 2.26. The van der Waals surface area contributed by atoms with Crippen molar-refractivity contribution in [3.63, 3.8) is 0 Å². The molecule has 20 heavy (non-hydrogen) atoms. The molecule has 10 heteroatoms. The summed E-state index contributed by atoms with van der Waals surface area (Å²) in [5.74, 6) is -0.462. The van der Waals surface area contributed by atoms with Gasteiger partial charge in [-0.1, -0.05) is 0 Å². The summed E-state index contributed by atoms with van der Waals surface area (Å²) in [5, 5.41) is 13.2. The third-order valence-electron chi connectivity index (χ3n) is 2.45. The highest BCUT2D eigenvalue weighted by atomic mass is 79.9. The van der Waals surface area contributed by atoms with Gasteiger partial charge in [-0.3, -0.25) is 4.79 Å². The van der Waals surface area contributed by atoms with E-state index >= 15 is 0 Å². The molecule has 0 fully saturated rings. The summed E-state index contributed by atoms with van der Waals surface area (Å²) < 4.78 is 2.05. The van der Waals surface area contributed by atoms with Crippen LogP contribution in [0.2, 0.25) is 0 Å². The first-order valence-electron chi connectivity index (χ1n) is 5.19. The molecule has 2 aromatic heterocycles. The first-order valence-corrected chi connectivity index (χ1v) is 6.78. The molecule has 8 nitrogen and oxygen atoms in total. The molecule has 2 heterocycles. The summed E-state index contributed by atoms with van der Waals surface area (Å²) in [4.78, 5) is 30.2. The van der Waals surface area contributed by atoms with Crippen LogP contribution in [0.25, 0.3) is 0 Å². The number of carbonyl (C=O) groups excluding carboxylic acids is 1. The van der Waals surface area contributed by atoms with E-state index in [1.54, 1.807) is 0 Å². The van der Waals surface area contributed by atoms with E-state index in [0.717, 1.165) is 0 Å². The molecule has 0 atom stereocenters. The van der Waals surface area contributed by atoms with Crippen LogP contribution in [-0.2, 0) is 7.05 Å². The van der Waals surface area contributed by atoms with Gasteiger partial charge in [-0.05, 0) is 42.8 Å². The summed E-state index contributed by atoms with van der Waals surface area (Å²) in [6, 6.07) is 2.63. The van der Waals surface area contributed by atoms with E-state index in [4.69, 9.17) is 0 Å². The number of amides is 1. The molecule has 0 aromatic carbocycles. The molecule has 0 spiro atoms. The van der Waals surface area contributed by atoms with Crippen molar-refractivity contribution in [1.29, 1.82) is 0 Å². The van der Waals surface area contributed by atoms with Gasteiger partial charge in [0.25, 0.3) is 5.91 Å². The lowest BCUT2D eigenvalue weighted by Gasteiger charge is -2.05. The maximum absolute atomic E-state index is 12.1. The summed E-state index contributed by atoms with van der Waals surface area (Å²) in [6.07, 6.45) is 1.42. The SMILES string of the molecule is Cn1c(C(=O)Nc2ncc(Br)nc2Br)ccc1[N+](=O)[O-]. The number of hydrogen-bond acceptors (Lipinski definition) is 5. The molecule has 0 unspecified atom stereocenters. The molecule has 0 bridgehead atoms. The quantitative estimate of drug-likeness (QED) is 0.625. The van der Waals surface area contributed by atoms with Crippen LogP contribution >= 0.6 is 31.9 Å². The second-order valence-corrected chi connectivity index (χ2v) is 5.24. The second-order valence-electron chi connectivity index (χ2n) is 3.68. The number of halogens is 2. The fourth-order valence-corrected chi connectivity index (χ4v) is 2.42. The van der Waals surface area contributed by atoms with E-state index in [9.17, 15) is 14.9 Å². The largest absolute Gasteiger partial charge is 0.358 e. The zero-order valence-corrected chi connectivity index (χ0v) is 13.2. The van der Waals surface area contributed by atoms with Crippen LogP contribution in [-0.4, -0.2) is 25.4 Å². The maximum atomic E-state index is 12.1. The number of anilines is 1. The van der Waals surface area contributed by atoms with Crippen LogP contribution in [0.15, 0.2) is 27.5 Å². The van der Waals surface area contributed by atoms with Crippen molar-refractivity contribution in [1.82, 2.24) is 14.5 Å². The minimum Gasteiger partial charge on any atom is -0.358 e. The van der Waals surface area contributed by atoms with Crippen LogP contribution in [0.5, 0.6) is 0 Å². The standard InChI is InChI=1S/C10H7Br2N5O3/c1-16-5(2-3-7(16)17(19)20)10(18)15-9-8(12)14-6(11)4-13-9/h2-4H,1H3,(H,13,15,18). The summed E-state index contributed by atoms with van der Waals surface area (Å²) in [5.41, 5.74) is 0.147. The first-order chi connectivity index (χ1) is 9.40. The number of nitrogens with zero attached hydrogens (tertiary/aromatic N) is 4. The van der Waals surface area contributed by atoms with Crippen molar-refractivity contribution in [3.05, 3.63) is 43.3 Å². The predicted molar refractivity (Wildman–Crippen MR) is 77.5 cm³/mol. The number of nitro groups is 1. The van der Waals surface area contributed by atoms with Crippen LogP contribution < -0.4 is 5.32 Å². The molecule has 2 aromatic rings. The predicted octanol–water partition coefficient (Wildman–Crippen LogP) is 2.50. The van der Waals surface area contributed by atoms with Gasteiger partial charge in [-0.25, -0.2) is 14.5 Å². The van der Waals surface area contributed by atoms with Gasteiger partial charge in [-0.15, -0.1) is 0 Å².